The van der Waals surface area contributed by atoms with Crippen molar-refractivity contribution in [3.8, 4) is 34.4 Å². The van der Waals surface area contributed by atoms with Crippen molar-refractivity contribution < 1.29 is 0 Å². The van der Waals surface area contributed by atoms with Gasteiger partial charge in [0.15, 0.2) is 11.5 Å². The summed E-state index contributed by atoms with van der Waals surface area (Å²) in [6.45, 7) is 2.68. The second-order valence-corrected chi connectivity index (χ2v) is 10.9. The Morgan fingerprint density at radius 3 is 2.53 bits per heavy atom. The number of nitrogens with one attached hydrogen (secondary N) is 2. The Labute approximate surface area is 258 Å². The van der Waals surface area contributed by atoms with E-state index in [4.69, 9.17) is 21.0 Å². The van der Waals surface area contributed by atoms with Gasteiger partial charge in [0.05, 0.1) is 16.8 Å². The Balaban J connectivity index is 1.14. The number of hydrogen-bond donors (Lipinski definition) is 3. The number of nitrogens with zero attached hydrogens (tertiary/aromatic N) is 8. The Hall–Kier alpha value is -5.93. The van der Waals surface area contributed by atoms with Gasteiger partial charge in [-0.1, -0.05) is 12.1 Å². The van der Waals surface area contributed by atoms with E-state index in [0.717, 1.165) is 38.2 Å². The van der Waals surface area contributed by atoms with Crippen LogP contribution < -0.4 is 16.6 Å². The zero-order valence-electron chi connectivity index (χ0n) is 24.3. The number of benzene rings is 1. The van der Waals surface area contributed by atoms with Crippen molar-refractivity contribution in [2.75, 3.05) is 24.1 Å². The van der Waals surface area contributed by atoms with E-state index in [1.54, 1.807) is 42.9 Å². The van der Waals surface area contributed by atoms with E-state index in [1.165, 1.54) is 5.56 Å². The van der Waals surface area contributed by atoms with Crippen molar-refractivity contribution in [3.05, 3.63) is 107 Å². The van der Waals surface area contributed by atoms with Gasteiger partial charge in [-0.3, -0.25) is 14.3 Å². The lowest BCUT2D eigenvalue weighted by Crippen LogP contribution is -2.39. The monoisotopic (exact) mass is 595 g/mol. The first kappa shape index (κ1) is 27.9. The summed E-state index contributed by atoms with van der Waals surface area (Å²) < 4.78 is 1.97. The Kier molecular flexibility index (Phi) is 7.42. The third kappa shape index (κ3) is 5.72. The van der Waals surface area contributed by atoms with Crippen molar-refractivity contribution in [2.24, 2.45) is 0 Å². The lowest BCUT2D eigenvalue weighted by molar-refractivity contribution is 0.211. The van der Waals surface area contributed by atoms with Crippen LogP contribution in [0.5, 0.6) is 0 Å². The van der Waals surface area contributed by atoms with E-state index in [0.29, 0.717) is 51.3 Å². The van der Waals surface area contributed by atoms with Crippen LogP contribution in [-0.4, -0.2) is 58.5 Å². The standard InChI is InChI=1S/C33H29N11O/c34-19-23-11-16-38-33(40-23)39-22-12-17-43(18-13-22)20-21-5-7-24(8-6-21)44-30(26-4-2-14-36-29(26)35)42-28-10-9-27(41-31(28)44)25-3-1-15-37-32(25)45/h1-11,14-16,22H,12-13,17-18,20H2,(H2,35,36)(H,37,45)(H,38,39,40). The van der Waals surface area contributed by atoms with Crippen molar-refractivity contribution in [1.29, 1.82) is 5.26 Å². The molecule has 1 aromatic carbocycles. The molecular formula is C33H29N11O. The number of nitrogen functional groups attached to an aromatic ring is 1. The van der Waals surface area contributed by atoms with E-state index in [2.05, 4.69) is 60.5 Å². The molecule has 0 unspecified atom stereocenters. The fraction of sp³-hybridized carbons (Fsp3) is 0.182. The molecule has 1 saturated heterocycles. The van der Waals surface area contributed by atoms with Gasteiger partial charge in [0, 0.05) is 50.0 Å². The summed E-state index contributed by atoms with van der Waals surface area (Å²) in [6, 6.07) is 23.2. The maximum Gasteiger partial charge on any atom is 0.257 e. The SMILES string of the molecule is N#Cc1ccnc(NC2CCN(Cc3ccc(-n4c(-c5cccnc5N)nc5ccc(-c6ccc[nH]c6=O)nc54)cc3)CC2)n1. The molecule has 4 N–H and O–H groups in total. The molecule has 1 fully saturated rings. The Morgan fingerprint density at radius 1 is 0.933 bits per heavy atom. The number of aromatic amines is 1. The largest absolute Gasteiger partial charge is 0.383 e. The number of piperidine rings is 1. The molecule has 5 aromatic heterocycles. The van der Waals surface area contributed by atoms with E-state index in [9.17, 15) is 4.79 Å². The van der Waals surface area contributed by atoms with Crippen LogP contribution in [-0.2, 0) is 6.54 Å². The van der Waals surface area contributed by atoms with Gasteiger partial charge in [-0.2, -0.15) is 5.26 Å². The number of anilines is 2. The molecule has 12 heteroatoms. The number of H-pyrrole nitrogens is 1. The number of hydrogen-bond acceptors (Lipinski definition) is 10. The second kappa shape index (κ2) is 12.0. The van der Waals surface area contributed by atoms with Crippen LogP contribution >= 0.6 is 0 Å². The minimum absolute atomic E-state index is 0.210. The highest BCUT2D eigenvalue weighted by Gasteiger charge is 2.21. The lowest BCUT2D eigenvalue weighted by Gasteiger charge is -2.32. The number of nitrogens with two attached hydrogens (primary N) is 1. The average Bonchev–Trinajstić information content (AvgIpc) is 3.45. The molecule has 0 saturated carbocycles. The highest BCUT2D eigenvalue weighted by molar-refractivity contribution is 5.84. The first-order valence-corrected chi connectivity index (χ1v) is 14.7. The number of likely N-dealkylation sites (tertiary alicyclic amines) is 1. The molecule has 12 nitrogen and oxygen atoms in total. The van der Waals surface area contributed by atoms with Crippen LogP contribution in [0.4, 0.5) is 11.8 Å². The highest BCUT2D eigenvalue weighted by atomic mass is 16.1. The average molecular weight is 596 g/mol. The maximum absolute atomic E-state index is 12.5. The van der Waals surface area contributed by atoms with Gasteiger partial charge in [-0.25, -0.2) is 24.9 Å². The minimum Gasteiger partial charge on any atom is -0.383 e. The van der Waals surface area contributed by atoms with Crippen molar-refractivity contribution in [1.82, 2.24) is 39.4 Å². The summed E-state index contributed by atoms with van der Waals surface area (Å²) in [5.74, 6) is 1.49. The summed E-state index contributed by atoms with van der Waals surface area (Å²) in [5, 5.41) is 12.5. The molecule has 0 bridgehead atoms. The minimum atomic E-state index is -0.210. The fourth-order valence-corrected chi connectivity index (χ4v) is 5.68. The maximum atomic E-state index is 12.5. The molecular weight excluding hydrogens is 566 g/mol. The molecule has 0 aliphatic carbocycles. The summed E-state index contributed by atoms with van der Waals surface area (Å²) >= 11 is 0. The Morgan fingerprint density at radius 2 is 1.76 bits per heavy atom. The third-order valence-electron chi connectivity index (χ3n) is 7.97. The zero-order valence-corrected chi connectivity index (χ0v) is 24.3. The number of nitriles is 1. The highest BCUT2D eigenvalue weighted by Crippen LogP contribution is 2.31. The molecule has 1 aliphatic heterocycles. The number of fused-ring (bicyclic) bond motifs is 1. The summed E-state index contributed by atoms with van der Waals surface area (Å²) in [4.78, 5) is 40.3. The van der Waals surface area contributed by atoms with Gasteiger partial charge in [0.25, 0.3) is 5.56 Å². The smallest absolute Gasteiger partial charge is 0.257 e. The van der Waals surface area contributed by atoms with E-state index in [-0.39, 0.29) is 11.6 Å². The number of rotatable bonds is 7. The third-order valence-corrected chi connectivity index (χ3v) is 7.97. The van der Waals surface area contributed by atoms with E-state index in [1.807, 2.05) is 22.8 Å². The van der Waals surface area contributed by atoms with Crippen LogP contribution in [0.25, 0.3) is 39.5 Å². The topological polar surface area (TPSA) is 167 Å². The predicted octanol–water partition coefficient (Wildman–Crippen LogP) is 4.16. The first-order chi connectivity index (χ1) is 22.1. The van der Waals surface area contributed by atoms with Crippen molar-refractivity contribution in [3.63, 3.8) is 0 Å². The quantitative estimate of drug-likeness (QED) is 0.244. The van der Waals surface area contributed by atoms with E-state index < -0.39 is 0 Å². The molecule has 6 heterocycles. The first-order valence-electron chi connectivity index (χ1n) is 14.7. The second-order valence-electron chi connectivity index (χ2n) is 10.9. The number of aromatic nitrogens is 7. The predicted molar refractivity (Wildman–Crippen MR) is 171 cm³/mol. The fourth-order valence-electron chi connectivity index (χ4n) is 5.68. The van der Waals surface area contributed by atoms with Gasteiger partial charge < -0.3 is 16.0 Å². The van der Waals surface area contributed by atoms with Crippen molar-refractivity contribution >= 4 is 22.9 Å². The molecule has 0 atom stereocenters. The number of imidazole rings is 1. The van der Waals surface area contributed by atoms with Gasteiger partial charge >= 0.3 is 0 Å². The van der Waals surface area contributed by atoms with Crippen LogP contribution in [0.15, 0.2) is 90.1 Å². The van der Waals surface area contributed by atoms with Crippen molar-refractivity contribution in [2.45, 2.75) is 25.4 Å². The summed E-state index contributed by atoms with van der Waals surface area (Å²) in [6.07, 6.45) is 6.76. The molecule has 6 aromatic rings. The molecule has 0 amide bonds. The summed E-state index contributed by atoms with van der Waals surface area (Å²) in [5.41, 5.74) is 11.5. The van der Waals surface area contributed by atoms with Gasteiger partial charge in [0.1, 0.15) is 23.1 Å². The number of pyridine rings is 3. The molecule has 1 aliphatic rings. The molecule has 0 spiro atoms. The van der Waals surface area contributed by atoms with Gasteiger partial charge in [0.2, 0.25) is 5.95 Å². The Bertz CT molecular complexity index is 2090. The summed E-state index contributed by atoms with van der Waals surface area (Å²) in [7, 11) is 0. The van der Waals surface area contributed by atoms with E-state index >= 15 is 0 Å². The lowest BCUT2D eigenvalue weighted by atomic mass is 10.0. The van der Waals surface area contributed by atoms with Crippen LogP contribution in [0.2, 0.25) is 0 Å². The van der Waals surface area contributed by atoms with Crippen LogP contribution in [0.1, 0.15) is 24.1 Å². The van der Waals surface area contributed by atoms with Gasteiger partial charge in [-0.05, 0) is 73.0 Å². The normalized spacial score (nSPS) is 13.9. The molecule has 45 heavy (non-hydrogen) atoms. The van der Waals surface area contributed by atoms with Gasteiger partial charge in [-0.15, -0.1) is 0 Å². The van der Waals surface area contributed by atoms with Crippen LogP contribution in [0, 0.1) is 11.3 Å². The molecule has 7 rings (SSSR count). The zero-order chi connectivity index (χ0) is 30.8. The molecule has 222 valence electrons. The molecule has 0 radical (unpaired) electrons. The van der Waals surface area contributed by atoms with Crippen LogP contribution in [0.3, 0.4) is 0 Å².